The van der Waals surface area contributed by atoms with Crippen molar-refractivity contribution in [1.29, 1.82) is 0 Å². The third kappa shape index (κ3) is 5.87. The number of sulfonamides is 1. The second-order valence-corrected chi connectivity index (χ2v) is 9.60. The molecule has 0 fully saturated rings. The van der Waals surface area contributed by atoms with E-state index in [9.17, 15) is 13.2 Å². The molecule has 0 bridgehead atoms. The highest BCUT2D eigenvalue weighted by Gasteiger charge is 2.19. The third-order valence-corrected chi connectivity index (χ3v) is 6.89. The molecule has 3 rings (SSSR count). The molecular formula is C24H25ClN2O3S. The first-order valence-corrected chi connectivity index (χ1v) is 11.8. The van der Waals surface area contributed by atoms with Gasteiger partial charge in [-0.25, -0.2) is 8.42 Å². The molecule has 0 radical (unpaired) electrons. The molecule has 0 heterocycles. The van der Waals surface area contributed by atoms with Gasteiger partial charge in [0.25, 0.3) is 15.9 Å². The zero-order valence-corrected chi connectivity index (χ0v) is 19.3. The van der Waals surface area contributed by atoms with Crippen LogP contribution in [0.15, 0.2) is 65.6 Å². The molecule has 162 valence electrons. The standard InChI is InChI=1S/C24H25ClN2O3S/c1-16-5-11-22(14-18(16)3)27-31(29,30)23-15-20(8-4-17(23)2)24(28)26-13-12-19-6-9-21(25)10-7-19/h4-11,14-15,27H,12-13H2,1-3H3,(H,26,28). The van der Waals surface area contributed by atoms with Gasteiger partial charge < -0.3 is 5.32 Å². The van der Waals surface area contributed by atoms with E-state index in [-0.39, 0.29) is 10.8 Å². The van der Waals surface area contributed by atoms with E-state index in [0.717, 1.165) is 16.7 Å². The van der Waals surface area contributed by atoms with Crippen molar-refractivity contribution in [3.63, 3.8) is 0 Å². The Labute approximate surface area is 188 Å². The quantitative estimate of drug-likeness (QED) is 0.523. The van der Waals surface area contributed by atoms with E-state index in [4.69, 9.17) is 11.6 Å². The van der Waals surface area contributed by atoms with Gasteiger partial charge in [-0.1, -0.05) is 35.9 Å². The molecule has 0 aliphatic heterocycles. The van der Waals surface area contributed by atoms with Gasteiger partial charge in [0.1, 0.15) is 0 Å². The van der Waals surface area contributed by atoms with Crippen molar-refractivity contribution in [1.82, 2.24) is 5.32 Å². The molecule has 0 saturated heterocycles. The van der Waals surface area contributed by atoms with E-state index < -0.39 is 10.0 Å². The third-order valence-electron chi connectivity index (χ3n) is 5.11. The number of carbonyl (C=O) groups excluding carboxylic acids is 1. The first-order chi connectivity index (χ1) is 14.7. The lowest BCUT2D eigenvalue weighted by atomic mass is 10.1. The van der Waals surface area contributed by atoms with Crippen LogP contribution in [0.3, 0.4) is 0 Å². The summed E-state index contributed by atoms with van der Waals surface area (Å²) >= 11 is 5.88. The van der Waals surface area contributed by atoms with Crippen LogP contribution in [-0.4, -0.2) is 20.9 Å². The fraction of sp³-hybridized carbons (Fsp3) is 0.208. The first-order valence-electron chi connectivity index (χ1n) is 9.89. The molecule has 5 nitrogen and oxygen atoms in total. The number of hydrogen-bond acceptors (Lipinski definition) is 3. The minimum absolute atomic E-state index is 0.0797. The molecule has 31 heavy (non-hydrogen) atoms. The van der Waals surface area contributed by atoms with Crippen molar-refractivity contribution < 1.29 is 13.2 Å². The Balaban J connectivity index is 1.72. The van der Waals surface area contributed by atoms with Gasteiger partial charge in [-0.05, 0) is 85.8 Å². The molecule has 2 N–H and O–H groups in total. The number of amides is 1. The summed E-state index contributed by atoms with van der Waals surface area (Å²) in [6, 6.07) is 17.5. The van der Waals surface area contributed by atoms with Crippen molar-refractivity contribution >= 4 is 33.2 Å². The van der Waals surface area contributed by atoms with Gasteiger partial charge in [0.05, 0.1) is 4.90 Å². The average molecular weight is 457 g/mol. The summed E-state index contributed by atoms with van der Waals surface area (Å²) in [7, 11) is -3.84. The van der Waals surface area contributed by atoms with Gasteiger partial charge in [-0.3, -0.25) is 9.52 Å². The number of anilines is 1. The Morgan fingerprint density at radius 2 is 1.55 bits per heavy atom. The van der Waals surface area contributed by atoms with Crippen LogP contribution >= 0.6 is 11.6 Å². The Hall–Kier alpha value is -2.83. The molecule has 0 spiro atoms. The highest BCUT2D eigenvalue weighted by atomic mass is 35.5. The van der Waals surface area contributed by atoms with Crippen LogP contribution in [0.2, 0.25) is 5.02 Å². The van der Waals surface area contributed by atoms with Crippen molar-refractivity contribution in [2.75, 3.05) is 11.3 Å². The summed E-state index contributed by atoms with van der Waals surface area (Å²) in [4.78, 5) is 12.7. The molecule has 7 heteroatoms. The van der Waals surface area contributed by atoms with Gasteiger partial charge in [-0.15, -0.1) is 0 Å². The summed E-state index contributed by atoms with van der Waals surface area (Å²) in [5.41, 5.74) is 4.47. The summed E-state index contributed by atoms with van der Waals surface area (Å²) in [5, 5.41) is 3.50. The molecule has 0 aromatic heterocycles. The number of aryl methyl sites for hydroxylation is 3. The molecule has 0 unspecified atom stereocenters. The Kier molecular flexibility index (Phi) is 7.03. The fourth-order valence-corrected chi connectivity index (χ4v) is 4.57. The second-order valence-electron chi connectivity index (χ2n) is 7.52. The summed E-state index contributed by atoms with van der Waals surface area (Å²) in [6.07, 6.45) is 0.647. The van der Waals surface area contributed by atoms with E-state index in [0.29, 0.717) is 34.8 Å². The predicted octanol–water partition coefficient (Wildman–Crippen LogP) is 5.04. The lowest BCUT2D eigenvalue weighted by Crippen LogP contribution is -2.26. The number of benzene rings is 3. The highest BCUT2D eigenvalue weighted by Crippen LogP contribution is 2.22. The molecule has 0 aliphatic carbocycles. The molecule has 1 amide bonds. The van der Waals surface area contributed by atoms with Crippen LogP contribution < -0.4 is 10.0 Å². The van der Waals surface area contributed by atoms with Crippen LogP contribution in [0.5, 0.6) is 0 Å². The number of rotatable bonds is 7. The molecule has 3 aromatic rings. The SMILES string of the molecule is Cc1ccc(NS(=O)(=O)c2cc(C(=O)NCCc3ccc(Cl)cc3)ccc2C)cc1C. The van der Waals surface area contributed by atoms with E-state index in [1.165, 1.54) is 6.07 Å². The van der Waals surface area contributed by atoms with E-state index in [2.05, 4.69) is 10.0 Å². The first kappa shape index (κ1) is 22.8. The largest absolute Gasteiger partial charge is 0.352 e. The number of halogens is 1. The molecule has 0 saturated carbocycles. The highest BCUT2D eigenvalue weighted by molar-refractivity contribution is 7.92. The van der Waals surface area contributed by atoms with E-state index in [1.54, 1.807) is 43.3 Å². The average Bonchev–Trinajstić information content (AvgIpc) is 2.72. The second kappa shape index (κ2) is 9.54. The maximum Gasteiger partial charge on any atom is 0.262 e. The predicted molar refractivity (Wildman–Crippen MR) is 125 cm³/mol. The minimum atomic E-state index is -3.84. The van der Waals surface area contributed by atoms with Crippen molar-refractivity contribution in [3.05, 3.63) is 93.5 Å². The molecule has 0 aliphatic rings. The Morgan fingerprint density at radius 3 is 2.23 bits per heavy atom. The molecule has 3 aromatic carbocycles. The maximum absolute atomic E-state index is 13.0. The van der Waals surface area contributed by atoms with Crippen molar-refractivity contribution in [2.45, 2.75) is 32.1 Å². The summed E-state index contributed by atoms with van der Waals surface area (Å²) in [5.74, 6) is -0.323. The number of nitrogens with one attached hydrogen (secondary N) is 2. The smallest absolute Gasteiger partial charge is 0.262 e. The Morgan fingerprint density at radius 1 is 0.871 bits per heavy atom. The monoisotopic (exact) mass is 456 g/mol. The van der Waals surface area contributed by atoms with Gasteiger partial charge >= 0.3 is 0 Å². The number of carbonyl (C=O) groups is 1. The topological polar surface area (TPSA) is 75.3 Å². The van der Waals surface area contributed by atoms with Crippen molar-refractivity contribution in [3.8, 4) is 0 Å². The lowest BCUT2D eigenvalue weighted by molar-refractivity contribution is 0.0954. The van der Waals surface area contributed by atoms with Crippen LogP contribution in [0.1, 0.15) is 32.6 Å². The zero-order valence-electron chi connectivity index (χ0n) is 17.7. The van der Waals surface area contributed by atoms with Gasteiger partial charge in [-0.2, -0.15) is 0 Å². The van der Waals surface area contributed by atoms with E-state index >= 15 is 0 Å². The Bertz CT molecular complexity index is 1210. The summed E-state index contributed by atoms with van der Waals surface area (Å²) in [6.45, 7) is 6.02. The maximum atomic E-state index is 13.0. The fourth-order valence-electron chi connectivity index (χ4n) is 3.12. The van der Waals surface area contributed by atoms with Crippen LogP contribution in [-0.2, 0) is 16.4 Å². The minimum Gasteiger partial charge on any atom is -0.352 e. The number of hydrogen-bond donors (Lipinski definition) is 2. The van der Waals surface area contributed by atoms with Gasteiger partial charge in [0.15, 0.2) is 0 Å². The van der Waals surface area contributed by atoms with E-state index in [1.807, 2.05) is 32.0 Å². The zero-order chi connectivity index (χ0) is 22.6. The van der Waals surface area contributed by atoms with Gasteiger partial charge in [0, 0.05) is 22.8 Å². The molecule has 0 atom stereocenters. The van der Waals surface area contributed by atoms with Gasteiger partial charge in [0.2, 0.25) is 0 Å². The lowest BCUT2D eigenvalue weighted by Gasteiger charge is -2.13. The normalized spacial score (nSPS) is 11.2. The van der Waals surface area contributed by atoms with Crippen LogP contribution in [0, 0.1) is 20.8 Å². The molecular weight excluding hydrogens is 432 g/mol. The summed E-state index contributed by atoms with van der Waals surface area (Å²) < 4.78 is 28.5. The van der Waals surface area contributed by atoms with Crippen LogP contribution in [0.25, 0.3) is 0 Å². The van der Waals surface area contributed by atoms with Crippen molar-refractivity contribution in [2.24, 2.45) is 0 Å². The van der Waals surface area contributed by atoms with Crippen LogP contribution in [0.4, 0.5) is 5.69 Å².